The lowest BCUT2D eigenvalue weighted by Gasteiger charge is -2.38. The number of ether oxygens (including phenoxy) is 19. The number of hydrogen-bond acceptors (Lipinski definition) is 31. The molecule has 0 bridgehead atoms. The number of aliphatic hydroxyl groups excluding tert-OH is 3. The zero-order chi connectivity index (χ0) is 73.6. The number of nitrogens with one attached hydrogen (secondary N) is 3. The maximum absolute atomic E-state index is 14.1. The molecule has 1 aliphatic heterocycles. The van der Waals surface area contributed by atoms with Crippen molar-refractivity contribution in [3.8, 4) is 5.75 Å². The van der Waals surface area contributed by atoms with Gasteiger partial charge in [-0.25, -0.2) is 10.7 Å². The second-order valence-electron chi connectivity index (χ2n) is 22.0. The van der Waals surface area contributed by atoms with Crippen molar-refractivity contribution in [1.82, 2.24) is 16.0 Å². The Morgan fingerprint density at radius 2 is 0.950 bits per heavy atom. The lowest BCUT2D eigenvalue weighted by atomic mass is 9.91. The number of ketones is 1. The lowest BCUT2D eigenvalue weighted by molar-refractivity contribution is -0.271. The largest absolute Gasteiger partial charge is 0.481 e. The lowest BCUT2D eigenvalue weighted by Crippen LogP contribution is -2.61. The number of unbranched alkanes of at least 4 members (excludes halogenated alkanes) is 1. The van der Waals surface area contributed by atoms with Gasteiger partial charge in [-0.3, -0.25) is 28.8 Å². The molecule has 0 radical (unpaired) electrons. The zero-order valence-electron chi connectivity index (χ0n) is 58.5. The third-order valence-electron chi connectivity index (χ3n) is 13.9. The summed E-state index contributed by atoms with van der Waals surface area (Å²) >= 11 is 0. The first kappa shape index (κ1) is 91.7. The van der Waals surface area contributed by atoms with Crippen LogP contribution in [0.2, 0.25) is 0 Å². The molecule has 1 heterocycles. The fraction of sp³-hybridized carbons (Fsp3) is 0.800. The third-order valence-corrected chi connectivity index (χ3v) is 13.9. The van der Waals surface area contributed by atoms with Gasteiger partial charge in [0.15, 0.2) is 11.9 Å². The summed E-state index contributed by atoms with van der Waals surface area (Å²) in [4.78, 5) is 94.1. The fourth-order valence-electron chi connectivity index (χ4n) is 8.72. The number of carboxylic acids is 2. The highest BCUT2D eigenvalue weighted by molar-refractivity contribution is 5.97. The summed E-state index contributed by atoms with van der Waals surface area (Å²) < 4.78 is 104. The molecule has 101 heavy (non-hydrogen) atoms. The van der Waals surface area contributed by atoms with E-state index in [2.05, 4.69) is 20.8 Å². The van der Waals surface area contributed by atoms with Crippen molar-refractivity contribution in [3.63, 3.8) is 0 Å². The van der Waals surface area contributed by atoms with Gasteiger partial charge in [-0.05, 0) is 49.8 Å². The molecule has 1 fully saturated rings. The number of hydrogen-bond donors (Lipinski definition) is 9. The average molecular weight is 1460 g/mol. The number of esters is 1. The first-order valence-electron chi connectivity index (χ1n) is 34.1. The summed E-state index contributed by atoms with van der Waals surface area (Å²) in [5.41, 5.74) is 0.142. The SMILES string of the molecule is CCCOCCOCCOCCOCCOCC(=O)N[C@@H](CCCCNC(=O)c1cc(COC(C)=O)ccc1O[C@@H]1O[C@H](C(=O)O)[C@@H](O)[C@H](O)[C@H]1O)C(=O)C[C@@H](CCC(=O)O)C(=O)NCCOCCOCCOCCOCCOCCOCCOCCOCCOCCOCCOCCON. The molecule has 0 aromatic heterocycles. The van der Waals surface area contributed by atoms with Crippen molar-refractivity contribution in [3.05, 3.63) is 29.3 Å². The van der Waals surface area contributed by atoms with Crippen molar-refractivity contribution in [1.29, 1.82) is 0 Å². The number of nitrogens with two attached hydrogens (primary N) is 1. The predicted molar refractivity (Wildman–Crippen MR) is 352 cm³/mol. The fourth-order valence-corrected chi connectivity index (χ4v) is 8.72. The number of aliphatic carboxylic acids is 2. The van der Waals surface area contributed by atoms with Crippen LogP contribution in [0.3, 0.4) is 0 Å². The predicted octanol–water partition coefficient (Wildman–Crippen LogP) is -1.47. The molecule has 3 amide bonds. The van der Waals surface area contributed by atoms with Crippen LogP contribution in [0.25, 0.3) is 0 Å². The van der Waals surface area contributed by atoms with Crippen LogP contribution in [-0.4, -0.2) is 335 Å². The highest BCUT2D eigenvalue weighted by atomic mass is 16.7. The summed E-state index contributed by atoms with van der Waals surface area (Å²) in [5.74, 6) is -2.52. The standard InChI is InChI=1S/C65H112N4O32/c1-3-13-82-15-17-84-19-21-93-37-38-95-41-42-97-48-56(72)69-53(6-4-5-11-67-63(79)52-45-50(47-98-49(2)70)7-9-55(52)100-65-60(77)58(75)59(76)61(101-65)64(80)81)54(71)46-51(8-10-57(73)74)62(78)68-12-14-83-16-18-85-20-22-86-23-24-87-25-26-88-27-28-89-29-30-90-31-32-91-33-34-92-35-36-94-39-40-96-43-44-99-66/h7,9,45,51,53,58-61,65,75-77H,3-6,8,10-44,46-48,66H2,1-2H3,(H,67,79)(H,68,78)(H,69,72)(H,73,74)(H,80,81)/t51-,53+,58+,59+,60-,61+,65-/m1/s1. The summed E-state index contributed by atoms with van der Waals surface area (Å²) in [5, 5.41) is 58.3. The summed E-state index contributed by atoms with van der Waals surface area (Å²) in [6.45, 7) is 14.3. The number of benzene rings is 1. The van der Waals surface area contributed by atoms with E-state index in [4.69, 9.17) is 95.9 Å². The van der Waals surface area contributed by atoms with Crippen molar-refractivity contribution in [2.75, 3.05) is 231 Å². The second-order valence-corrected chi connectivity index (χ2v) is 22.0. The van der Waals surface area contributed by atoms with Crippen LogP contribution in [0.1, 0.15) is 74.7 Å². The smallest absolute Gasteiger partial charge is 0.335 e. The van der Waals surface area contributed by atoms with Crippen molar-refractivity contribution in [2.45, 2.75) is 102 Å². The van der Waals surface area contributed by atoms with Crippen LogP contribution < -0.4 is 26.6 Å². The number of amides is 3. The Morgan fingerprint density at radius 3 is 1.38 bits per heavy atom. The van der Waals surface area contributed by atoms with Crippen molar-refractivity contribution in [2.24, 2.45) is 11.8 Å². The molecular weight excluding hydrogens is 1350 g/mol. The van der Waals surface area contributed by atoms with E-state index >= 15 is 0 Å². The highest BCUT2D eigenvalue weighted by Gasteiger charge is 2.48. The van der Waals surface area contributed by atoms with Gasteiger partial charge >= 0.3 is 17.9 Å². The van der Waals surface area contributed by atoms with Gasteiger partial charge in [0.05, 0.1) is 216 Å². The highest BCUT2D eigenvalue weighted by Crippen LogP contribution is 2.28. The molecule has 584 valence electrons. The molecule has 10 N–H and O–H groups in total. The number of carbonyl (C=O) groups excluding carboxylic acids is 5. The van der Waals surface area contributed by atoms with Gasteiger partial charge in [-0.1, -0.05) is 13.0 Å². The maximum atomic E-state index is 14.1. The van der Waals surface area contributed by atoms with Gasteiger partial charge in [0, 0.05) is 45.4 Å². The Morgan fingerprint density at radius 1 is 0.515 bits per heavy atom. The van der Waals surface area contributed by atoms with E-state index in [1.807, 2.05) is 6.92 Å². The molecule has 0 spiro atoms. The second kappa shape index (κ2) is 63.1. The van der Waals surface area contributed by atoms with E-state index in [0.717, 1.165) is 6.42 Å². The first-order chi connectivity index (χ1) is 49.1. The molecule has 1 aromatic carbocycles. The van der Waals surface area contributed by atoms with E-state index in [9.17, 15) is 59.1 Å². The van der Waals surface area contributed by atoms with E-state index in [-0.39, 0.29) is 96.3 Å². The maximum Gasteiger partial charge on any atom is 0.335 e. The molecule has 1 aliphatic rings. The molecule has 1 aromatic rings. The molecule has 0 unspecified atom stereocenters. The molecule has 1 saturated heterocycles. The minimum atomic E-state index is -2.01. The van der Waals surface area contributed by atoms with Crippen LogP contribution in [-0.2, 0) is 125 Å². The topological polar surface area (TPSA) is 467 Å². The monoisotopic (exact) mass is 1460 g/mol. The molecular formula is C65H112N4O32. The minimum absolute atomic E-state index is 0.00207. The number of carboxylic acid groups (broad SMARTS) is 2. The van der Waals surface area contributed by atoms with Crippen LogP contribution in [0.5, 0.6) is 5.75 Å². The van der Waals surface area contributed by atoms with Crippen molar-refractivity contribution < 1.29 is 154 Å². The summed E-state index contributed by atoms with van der Waals surface area (Å²) in [7, 11) is 0. The molecule has 7 atom stereocenters. The van der Waals surface area contributed by atoms with E-state index in [0.29, 0.717) is 177 Å². The van der Waals surface area contributed by atoms with Gasteiger partial charge in [0.2, 0.25) is 18.1 Å². The quantitative estimate of drug-likeness (QED) is 0.0204. The van der Waals surface area contributed by atoms with Crippen molar-refractivity contribution >= 4 is 41.4 Å². The number of aliphatic hydroxyl groups is 3. The Hall–Kier alpha value is -5.37. The Kier molecular flexibility index (Phi) is 57.3. The zero-order valence-corrected chi connectivity index (χ0v) is 58.5. The minimum Gasteiger partial charge on any atom is -0.481 e. The molecule has 0 aliphatic carbocycles. The molecule has 36 heteroatoms. The molecule has 0 saturated carbocycles. The van der Waals surface area contributed by atoms with Gasteiger partial charge in [-0.15, -0.1) is 0 Å². The molecule has 2 rings (SSSR count). The third kappa shape index (κ3) is 49.1. The Balaban J connectivity index is 1.77. The van der Waals surface area contributed by atoms with Gasteiger partial charge in [-0.2, -0.15) is 0 Å². The first-order valence-corrected chi connectivity index (χ1v) is 34.1. The Labute approximate surface area is 589 Å². The van der Waals surface area contributed by atoms with Gasteiger partial charge < -0.3 is 136 Å². The van der Waals surface area contributed by atoms with Gasteiger partial charge in [0.1, 0.15) is 37.3 Å². The Bertz CT molecular complexity index is 2300. The normalized spacial score (nSPS) is 16.6. The number of rotatable bonds is 71. The van der Waals surface area contributed by atoms with Gasteiger partial charge in [0.25, 0.3) is 5.91 Å². The van der Waals surface area contributed by atoms with Crippen LogP contribution in [0.4, 0.5) is 0 Å². The van der Waals surface area contributed by atoms with E-state index < -0.39 is 104 Å². The number of Topliss-reactive ketones (excluding diaryl/α,β-unsaturated/α-hetero) is 1. The van der Waals surface area contributed by atoms with E-state index in [1.54, 1.807) is 0 Å². The number of carbonyl (C=O) groups is 7. The summed E-state index contributed by atoms with van der Waals surface area (Å²) in [6.07, 6.45) is -9.58. The average Bonchev–Trinajstić information content (AvgIpc) is 0.798. The van der Waals surface area contributed by atoms with Crippen LogP contribution in [0, 0.1) is 5.92 Å². The van der Waals surface area contributed by atoms with E-state index in [1.165, 1.54) is 25.1 Å². The van der Waals surface area contributed by atoms with Crippen LogP contribution in [0.15, 0.2) is 18.2 Å². The summed E-state index contributed by atoms with van der Waals surface area (Å²) in [6, 6.07) is 2.81. The molecule has 36 nitrogen and oxygen atoms in total. The van der Waals surface area contributed by atoms with Crippen LogP contribution >= 0.6 is 0 Å².